The van der Waals surface area contributed by atoms with Crippen LogP contribution in [0.4, 0.5) is 32.0 Å². The highest BCUT2D eigenvalue weighted by molar-refractivity contribution is 7.89. The van der Waals surface area contributed by atoms with Crippen LogP contribution in [0.3, 0.4) is 0 Å². The van der Waals surface area contributed by atoms with Crippen molar-refractivity contribution in [2.75, 3.05) is 11.4 Å². The number of benzene rings is 1. The van der Waals surface area contributed by atoms with Crippen LogP contribution in [-0.4, -0.2) is 40.8 Å². The largest absolute Gasteiger partial charge is 0.511 e. The molecule has 0 fully saturated rings. The number of aromatic amines is 1. The van der Waals surface area contributed by atoms with Gasteiger partial charge >= 0.3 is 21.7 Å². The minimum atomic E-state index is -5.78. The molecule has 6 nitrogen and oxygen atoms in total. The number of hydrogen-bond donors (Lipinski definition) is 1. The molecule has 1 atom stereocenters. The van der Waals surface area contributed by atoms with Gasteiger partial charge in [-0.1, -0.05) is 6.08 Å². The molecule has 0 spiro atoms. The van der Waals surface area contributed by atoms with Crippen LogP contribution >= 0.6 is 0 Å². The zero-order chi connectivity index (χ0) is 23.7. The SMILES string of the molecule is C=CCCC1CN(S(=O)(=O)C(F)(F)F)Cc2cc(C(F)(F)F)ccc2N1Cc1cnc[nH]1. The van der Waals surface area contributed by atoms with Gasteiger partial charge in [0, 0.05) is 31.0 Å². The van der Waals surface area contributed by atoms with E-state index < -0.39 is 46.4 Å². The number of nitrogens with one attached hydrogen (secondary N) is 1. The first-order valence-corrected chi connectivity index (χ1v) is 10.9. The molecule has 0 saturated carbocycles. The highest BCUT2D eigenvalue weighted by Crippen LogP contribution is 2.39. The Hall–Kier alpha value is -2.54. The topological polar surface area (TPSA) is 69.3 Å². The van der Waals surface area contributed by atoms with E-state index in [2.05, 4.69) is 16.5 Å². The molecule has 176 valence electrons. The zero-order valence-electron chi connectivity index (χ0n) is 16.6. The first-order valence-electron chi connectivity index (χ1n) is 9.46. The predicted molar refractivity (Wildman–Crippen MR) is 105 cm³/mol. The standard InChI is InChI=1S/C19H20F6N4O2S/c1-2-3-4-16-11-28(32(30,31)19(23,24)25)9-13-7-14(18(20,21)22)5-6-17(13)29(16)10-15-8-26-12-27-15/h2,5-8,12,16H,1,3-4,9-11H2,(H,26,27). The number of sulfonamides is 1. The number of rotatable bonds is 6. The van der Waals surface area contributed by atoms with E-state index in [-0.39, 0.29) is 28.5 Å². The second kappa shape index (κ2) is 8.77. The Morgan fingerprint density at radius 2 is 1.94 bits per heavy atom. The molecule has 0 radical (unpaired) electrons. The third kappa shape index (κ3) is 4.93. The molecule has 1 aliphatic heterocycles. The minimum absolute atomic E-state index is 0.0834. The Labute approximate surface area is 180 Å². The number of allylic oxidation sites excluding steroid dienone is 1. The summed E-state index contributed by atoms with van der Waals surface area (Å²) >= 11 is 0. The lowest BCUT2D eigenvalue weighted by Crippen LogP contribution is -2.46. The number of aromatic nitrogens is 2. The highest BCUT2D eigenvalue weighted by atomic mass is 32.2. The maximum atomic E-state index is 13.3. The summed E-state index contributed by atoms with van der Waals surface area (Å²) in [7, 11) is -5.78. The summed E-state index contributed by atoms with van der Waals surface area (Å²) in [4.78, 5) is 8.34. The molecule has 3 rings (SSSR count). The van der Waals surface area contributed by atoms with E-state index in [0.717, 1.165) is 6.07 Å². The average Bonchev–Trinajstić information content (AvgIpc) is 3.14. The Balaban J connectivity index is 2.16. The molecule has 13 heteroatoms. The summed E-state index contributed by atoms with van der Waals surface area (Å²) in [5.41, 5.74) is -6.05. The summed E-state index contributed by atoms with van der Waals surface area (Å²) < 4.78 is 104. The molecule has 2 heterocycles. The van der Waals surface area contributed by atoms with Gasteiger partial charge in [-0.25, -0.2) is 13.4 Å². The Morgan fingerprint density at radius 3 is 2.50 bits per heavy atom. The van der Waals surface area contributed by atoms with Gasteiger partial charge in [0.25, 0.3) is 0 Å². The predicted octanol–water partition coefficient (Wildman–Crippen LogP) is 4.44. The number of anilines is 1. The summed E-state index contributed by atoms with van der Waals surface area (Å²) in [6.45, 7) is 2.27. The van der Waals surface area contributed by atoms with Gasteiger partial charge in [0.1, 0.15) is 0 Å². The van der Waals surface area contributed by atoms with Gasteiger partial charge in [0.05, 0.1) is 24.1 Å². The van der Waals surface area contributed by atoms with Crippen molar-refractivity contribution in [3.05, 3.63) is 60.2 Å². The number of halogens is 6. The van der Waals surface area contributed by atoms with Crippen LogP contribution in [0.5, 0.6) is 0 Å². The molecule has 1 aliphatic rings. The molecule has 32 heavy (non-hydrogen) atoms. The van der Waals surface area contributed by atoms with E-state index in [1.54, 1.807) is 4.90 Å². The molecule has 1 aromatic heterocycles. The second-order valence-electron chi connectivity index (χ2n) is 7.31. The fourth-order valence-electron chi connectivity index (χ4n) is 3.61. The molecule has 0 amide bonds. The van der Waals surface area contributed by atoms with Crippen LogP contribution in [0.15, 0.2) is 43.4 Å². The Kier molecular flexibility index (Phi) is 6.61. The van der Waals surface area contributed by atoms with Gasteiger partial charge in [-0.05, 0) is 36.6 Å². The number of hydrogen-bond acceptors (Lipinski definition) is 4. The smallest absolute Gasteiger partial charge is 0.361 e. The quantitative estimate of drug-likeness (QED) is 0.489. The fourth-order valence-corrected chi connectivity index (χ4v) is 4.58. The minimum Gasteiger partial charge on any atom is -0.361 e. The average molecular weight is 482 g/mol. The van der Waals surface area contributed by atoms with Gasteiger partial charge < -0.3 is 9.88 Å². The van der Waals surface area contributed by atoms with E-state index in [4.69, 9.17) is 0 Å². The summed E-state index contributed by atoms with van der Waals surface area (Å²) in [6.07, 6.45) is 0.256. The molecule has 0 aliphatic carbocycles. The fraction of sp³-hybridized carbons (Fsp3) is 0.421. The molecular weight excluding hydrogens is 462 g/mol. The number of H-pyrrole nitrogens is 1. The van der Waals surface area contributed by atoms with Crippen LogP contribution in [0.2, 0.25) is 0 Å². The lowest BCUT2D eigenvalue weighted by Gasteiger charge is -2.34. The van der Waals surface area contributed by atoms with Crippen LogP contribution in [0.25, 0.3) is 0 Å². The van der Waals surface area contributed by atoms with E-state index in [1.807, 2.05) is 0 Å². The first-order chi connectivity index (χ1) is 14.8. The summed E-state index contributed by atoms with van der Waals surface area (Å²) in [5.74, 6) is 0. The molecular formula is C19H20F6N4O2S. The number of fused-ring (bicyclic) bond motifs is 1. The second-order valence-corrected chi connectivity index (χ2v) is 9.24. The van der Waals surface area contributed by atoms with Crippen LogP contribution in [-0.2, 0) is 29.3 Å². The summed E-state index contributed by atoms with van der Waals surface area (Å²) in [6, 6.07) is 1.94. The van der Waals surface area contributed by atoms with Crippen molar-refractivity contribution in [1.82, 2.24) is 14.3 Å². The first kappa shape index (κ1) is 24.1. The highest BCUT2D eigenvalue weighted by Gasteiger charge is 2.51. The van der Waals surface area contributed by atoms with Gasteiger partial charge in [0.2, 0.25) is 0 Å². The van der Waals surface area contributed by atoms with Crippen molar-refractivity contribution < 1.29 is 34.8 Å². The lowest BCUT2D eigenvalue weighted by atomic mass is 10.0. The van der Waals surface area contributed by atoms with Gasteiger partial charge in [0.15, 0.2) is 0 Å². The van der Waals surface area contributed by atoms with Gasteiger partial charge in [-0.3, -0.25) is 0 Å². The van der Waals surface area contributed by atoms with Crippen LogP contribution in [0, 0.1) is 0 Å². The van der Waals surface area contributed by atoms with Crippen molar-refractivity contribution in [3.8, 4) is 0 Å². The van der Waals surface area contributed by atoms with Crippen molar-refractivity contribution >= 4 is 15.7 Å². The van der Waals surface area contributed by atoms with Crippen molar-refractivity contribution in [3.63, 3.8) is 0 Å². The molecule has 0 bridgehead atoms. The molecule has 1 N–H and O–H groups in total. The third-order valence-corrected chi connectivity index (χ3v) is 6.69. The van der Waals surface area contributed by atoms with E-state index in [9.17, 15) is 34.8 Å². The van der Waals surface area contributed by atoms with E-state index >= 15 is 0 Å². The molecule has 1 unspecified atom stereocenters. The van der Waals surface area contributed by atoms with Crippen LogP contribution in [0.1, 0.15) is 29.7 Å². The zero-order valence-corrected chi connectivity index (χ0v) is 17.4. The maximum Gasteiger partial charge on any atom is 0.511 e. The monoisotopic (exact) mass is 482 g/mol. The molecule has 1 aromatic carbocycles. The Bertz CT molecular complexity index is 1050. The normalized spacial score (nSPS) is 18.3. The van der Waals surface area contributed by atoms with Crippen molar-refractivity contribution in [2.24, 2.45) is 0 Å². The van der Waals surface area contributed by atoms with Crippen molar-refractivity contribution in [2.45, 2.75) is 43.7 Å². The number of imidazole rings is 1. The summed E-state index contributed by atoms with van der Waals surface area (Å²) in [5, 5.41) is 0. The Morgan fingerprint density at radius 1 is 1.22 bits per heavy atom. The van der Waals surface area contributed by atoms with Crippen LogP contribution < -0.4 is 4.90 Å². The maximum absolute atomic E-state index is 13.3. The van der Waals surface area contributed by atoms with Gasteiger partial charge in [-0.2, -0.15) is 30.6 Å². The number of nitrogens with zero attached hydrogens (tertiary/aromatic N) is 3. The number of alkyl halides is 6. The van der Waals surface area contributed by atoms with E-state index in [1.165, 1.54) is 24.7 Å². The molecule has 0 saturated heterocycles. The van der Waals surface area contributed by atoms with E-state index in [0.29, 0.717) is 18.2 Å². The molecule has 2 aromatic rings. The third-order valence-electron chi connectivity index (χ3n) is 5.15. The van der Waals surface area contributed by atoms with Gasteiger partial charge in [-0.15, -0.1) is 6.58 Å². The lowest BCUT2D eigenvalue weighted by molar-refractivity contribution is -0.137. The van der Waals surface area contributed by atoms with Crippen molar-refractivity contribution in [1.29, 1.82) is 0 Å².